The number of nitrogens with one attached hydrogen (secondary N) is 2. The van der Waals surface area contributed by atoms with Gasteiger partial charge in [0.05, 0.1) is 0 Å². The summed E-state index contributed by atoms with van der Waals surface area (Å²) >= 11 is 0. The van der Waals surface area contributed by atoms with Crippen LogP contribution in [0.5, 0.6) is 0 Å². The Kier molecular flexibility index (Phi) is 6.09. The van der Waals surface area contributed by atoms with Crippen molar-refractivity contribution in [2.24, 2.45) is 5.92 Å². The second-order valence-corrected chi connectivity index (χ2v) is 7.85. The summed E-state index contributed by atoms with van der Waals surface area (Å²) in [6.07, 6.45) is 7.48. The second-order valence-electron chi connectivity index (χ2n) is 7.85. The summed E-state index contributed by atoms with van der Waals surface area (Å²) in [5.41, 5.74) is -0.448. The van der Waals surface area contributed by atoms with Gasteiger partial charge in [0.1, 0.15) is 5.60 Å². The van der Waals surface area contributed by atoms with Gasteiger partial charge in [-0.05, 0) is 58.8 Å². The van der Waals surface area contributed by atoms with Crippen LogP contribution in [0.15, 0.2) is 0 Å². The molecule has 0 aromatic heterocycles. The molecule has 2 aliphatic carbocycles. The fraction of sp³-hybridized carbons (Fsp3) is 0.941. The van der Waals surface area contributed by atoms with Crippen LogP contribution in [0.3, 0.4) is 0 Å². The maximum atomic E-state index is 11.8. The number of hydrogen-bond donors (Lipinski definition) is 3. The minimum absolute atomic E-state index is 0.198. The molecule has 0 radical (unpaired) electrons. The van der Waals surface area contributed by atoms with E-state index < -0.39 is 5.60 Å². The Morgan fingerprint density at radius 3 is 2.50 bits per heavy atom. The minimum Gasteiger partial charge on any atom is -0.444 e. The first-order valence-corrected chi connectivity index (χ1v) is 8.74. The first kappa shape index (κ1) is 17.5. The van der Waals surface area contributed by atoms with Crippen LogP contribution in [0.2, 0.25) is 0 Å². The average molecular weight is 312 g/mol. The second kappa shape index (κ2) is 7.64. The normalized spacial score (nSPS) is 32.7. The van der Waals surface area contributed by atoms with Gasteiger partial charge in [0.15, 0.2) is 0 Å². The van der Waals surface area contributed by atoms with E-state index in [1.165, 1.54) is 12.8 Å². The Hall–Kier alpha value is -0.810. The number of aliphatic hydroxyl groups is 1. The number of rotatable bonds is 4. The van der Waals surface area contributed by atoms with E-state index >= 15 is 0 Å². The molecule has 0 spiro atoms. The Morgan fingerprint density at radius 2 is 1.82 bits per heavy atom. The molecule has 128 valence electrons. The summed E-state index contributed by atoms with van der Waals surface area (Å²) in [6.45, 7) is 5.92. The minimum atomic E-state index is -0.448. The molecular weight excluding hydrogens is 280 g/mol. The summed E-state index contributed by atoms with van der Waals surface area (Å²) in [4.78, 5) is 11.8. The largest absolute Gasteiger partial charge is 0.444 e. The van der Waals surface area contributed by atoms with Crippen molar-refractivity contribution in [2.75, 3.05) is 6.61 Å². The van der Waals surface area contributed by atoms with Gasteiger partial charge in [0.25, 0.3) is 0 Å². The third-order valence-corrected chi connectivity index (χ3v) is 4.75. The van der Waals surface area contributed by atoms with Crippen LogP contribution in [-0.4, -0.2) is 41.5 Å². The van der Waals surface area contributed by atoms with Crippen LogP contribution in [0.1, 0.15) is 65.7 Å². The van der Waals surface area contributed by atoms with E-state index in [1.807, 2.05) is 20.8 Å². The lowest BCUT2D eigenvalue weighted by atomic mass is 9.84. The molecule has 2 fully saturated rings. The zero-order valence-electron chi connectivity index (χ0n) is 14.2. The van der Waals surface area contributed by atoms with E-state index in [9.17, 15) is 9.90 Å². The van der Waals surface area contributed by atoms with Crippen LogP contribution in [0, 0.1) is 5.92 Å². The lowest BCUT2D eigenvalue weighted by molar-refractivity contribution is 0.0505. The van der Waals surface area contributed by atoms with Gasteiger partial charge < -0.3 is 20.5 Å². The van der Waals surface area contributed by atoms with Gasteiger partial charge in [0, 0.05) is 24.7 Å². The van der Waals surface area contributed by atoms with E-state index in [2.05, 4.69) is 10.6 Å². The van der Waals surface area contributed by atoms with Crippen molar-refractivity contribution in [1.29, 1.82) is 0 Å². The third-order valence-electron chi connectivity index (χ3n) is 4.75. The molecule has 4 unspecified atom stereocenters. The molecule has 0 heterocycles. The Labute approximate surface area is 134 Å². The maximum Gasteiger partial charge on any atom is 0.407 e. The molecule has 0 bridgehead atoms. The summed E-state index contributed by atoms with van der Waals surface area (Å²) < 4.78 is 5.32. The van der Waals surface area contributed by atoms with Crippen LogP contribution in [-0.2, 0) is 4.74 Å². The molecule has 5 heteroatoms. The molecule has 2 aliphatic rings. The molecule has 0 aromatic carbocycles. The fourth-order valence-corrected chi connectivity index (χ4v) is 3.69. The molecule has 0 aliphatic heterocycles. The fourth-order valence-electron chi connectivity index (χ4n) is 3.69. The van der Waals surface area contributed by atoms with E-state index in [-0.39, 0.29) is 18.7 Å². The van der Waals surface area contributed by atoms with E-state index in [0.29, 0.717) is 18.0 Å². The summed E-state index contributed by atoms with van der Waals surface area (Å²) in [6, 6.07) is 1.07. The van der Waals surface area contributed by atoms with Crippen molar-refractivity contribution >= 4 is 6.09 Å². The number of hydrogen-bond acceptors (Lipinski definition) is 4. The molecule has 3 N–H and O–H groups in total. The van der Waals surface area contributed by atoms with Gasteiger partial charge in [-0.1, -0.05) is 12.8 Å². The number of aliphatic hydroxyl groups excluding tert-OH is 1. The molecule has 4 atom stereocenters. The van der Waals surface area contributed by atoms with Gasteiger partial charge in [-0.2, -0.15) is 0 Å². The predicted molar refractivity (Wildman–Crippen MR) is 86.8 cm³/mol. The molecule has 0 aromatic rings. The van der Waals surface area contributed by atoms with E-state index in [0.717, 1.165) is 32.1 Å². The lowest BCUT2D eigenvalue weighted by Gasteiger charge is -2.33. The highest BCUT2D eigenvalue weighted by Gasteiger charge is 2.31. The monoisotopic (exact) mass is 312 g/mol. The van der Waals surface area contributed by atoms with Crippen molar-refractivity contribution in [1.82, 2.24) is 10.6 Å². The standard InChI is InChI=1S/C17H32N2O3/c1-17(2,3)22-16(21)19-14-9-8-13(10-14)18-15-7-5-4-6-12(15)11-20/h12-15,18,20H,4-11H2,1-3H3,(H,19,21). The van der Waals surface area contributed by atoms with Gasteiger partial charge in [-0.3, -0.25) is 0 Å². The predicted octanol–water partition coefficient (Wildman–Crippen LogP) is 2.57. The van der Waals surface area contributed by atoms with Crippen molar-refractivity contribution in [3.8, 4) is 0 Å². The molecule has 1 amide bonds. The number of carbonyl (C=O) groups excluding carboxylic acids is 1. The van der Waals surface area contributed by atoms with Crippen LogP contribution in [0.4, 0.5) is 4.79 Å². The quantitative estimate of drug-likeness (QED) is 0.746. The highest BCUT2D eigenvalue weighted by molar-refractivity contribution is 5.68. The van der Waals surface area contributed by atoms with Gasteiger partial charge >= 0.3 is 6.09 Å². The molecule has 5 nitrogen and oxygen atoms in total. The average Bonchev–Trinajstić information content (AvgIpc) is 2.84. The Bertz CT molecular complexity index is 367. The summed E-state index contributed by atoms with van der Waals surface area (Å²) in [7, 11) is 0. The third kappa shape index (κ3) is 5.43. The van der Waals surface area contributed by atoms with Crippen molar-refractivity contribution < 1.29 is 14.6 Å². The van der Waals surface area contributed by atoms with Crippen molar-refractivity contribution in [3.63, 3.8) is 0 Å². The smallest absolute Gasteiger partial charge is 0.407 e. The number of ether oxygens (including phenoxy) is 1. The highest BCUT2D eigenvalue weighted by Crippen LogP contribution is 2.27. The lowest BCUT2D eigenvalue weighted by Crippen LogP contribution is -2.45. The molecule has 0 saturated heterocycles. The number of carbonyl (C=O) groups is 1. The molecule has 2 rings (SSSR count). The zero-order chi connectivity index (χ0) is 16.2. The molecular formula is C17H32N2O3. The maximum absolute atomic E-state index is 11.8. The number of alkyl carbamates (subject to hydrolysis) is 1. The Balaban J connectivity index is 1.74. The summed E-state index contributed by atoms with van der Waals surface area (Å²) in [5.74, 6) is 0.395. The topological polar surface area (TPSA) is 70.6 Å². The van der Waals surface area contributed by atoms with Crippen LogP contribution >= 0.6 is 0 Å². The van der Waals surface area contributed by atoms with Gasteiger partial charge in [-0.15, -0.1) is 0 Å². The first-order chi connectivity index (χ1) is 10.4. The summed E-state index contributed by atoms with van der Waals surface area (Å²) in [5, 5.41) is 16.2. The van der Waals surface area contributed by atoms with Crippen molar-refractivity contribution in [3.05, 3.63) is 0 Å². The highest BCUT2D eigenvalue weighted by atomic mass is 16.6. The Morgan fingerprint density at radius 1 is 1.14 bits per heavy atom. The van der Waals surface area contributed by atoms with E-state index in [4.69, 9.17) is 4.74 Å². The number of amides is 1. The van der Waals surface area contributed by atoms with Crippen LogP contribution < -0.4 is 10.6 Å². The van der Waals surface area contributed by atoms with Crippen molar-refractivity contribution in [2.45, 2.75) is 89.4 Å². The SMILES string of the molecule is CC(C)(C)OC(=O)NC1CCC(NC2CCCCC2CO)C1. The molecule has 2 saturated carbocycles. The zero-order valence-corrected chi connectivity index (χ0v) is 14.2. The molecule has 22 heavy (non-hydrogen) atoms. The first-order valence-electron chi connectivity index (χ1n) is 8.74. The van der Waals surface area contributed by atoms with E-state index in [1.54, 1.807) is 0 Å². The van der Waals surface area contributed by atoms with Gasteiger partial charge in [0.2, 0.25) is 0 Å². The van der Waals surface area contributed by atoms with Crippen LogP contribution in [0.25, 0.3) is 0 Å². The van der Waals surface area contributed by atoms with Gasteiger partial charge in [-0.25, -0.2) is 4.79 Å².